The summed E-state index contributed by atoms with van der Waals surface area (Å²) in [6, 6.07) is 7.05. The highest BCUT2D eigenvalue weighted by molar-refractivity contribution is 5.97. The maximum atomic E-state index is 11.1. The van der Waals surface area contributed by atoms with Gasteiger partial charge in [-0.15, -0.1) is 5.10 Å². The number of rotatable bonds is 5. The van der Waals surface area contributed by atoms with Crippen LogP contribution in [-0.4, -0.2) is 25.8 Å². The summed E-state index contributed by atoms with van der Waals surface area (Å²) in [6.45, 7) is 1.63. The van der Waals surface area contributed by atoms with Crippen molar-refractivity contribution in [1.29, 1.82) is 0 Å². The number of nitrogens with one attached hydrogen (secondary N) is 1. The second-order valence-electron chi connectivity index (χ2n) is 4.11. The minimum Gasteiger partial charge on any atom is -0.271 e. The monoisotopic (exact) mass is 302 g/mol. The summed E-state index contributed by atoms with van der Waals surface area (Å²) in [5.74, 6) is 0. The van der Waals surface area contributed by atoms with Gasteiger partial charge in [0.2, 0.25) is 0 Å². The molecule has 0 amide bonds. The first kappa shape index (κ1) is 15.0. The van der Waals surface area contributed by atoms with Crippen molar-refractivity contribution in [3.63, 3.8) is 0 Å². The Labute approximate surface area is 123 Å². The van der Waals surface area contributed by atoms with Crippen LogP contribution in [0.15, 0.2) is 41.6 Å². The van der Waals surface area contributed by atoms with Crippen LogP contribution in [0.25, 0.3) is 0 Å². The van der Waals surface area contributed by atoms with Gasteiger partial charge < -0.3 is 0 Å². The Hall–Kier alpha value is -3.43. The Kier molecular flexibility index (Phi) is 4.32. The first-order valence-corrected chi connectivity index (χ1v) is 6.01. The number of nitro benzene ring substituents is 2. The van der Waals surface area contributed by atoms with Crippen molar-refractivity contribution in [3.05, 3.63) is 62.5 Å². The number of anilines is 1. The number of nitro groups is 2. The quantitative estimate of drug-likeness (QED) is 0.507. The molecule has 1 heterocycles. The molecule has 1 aromatic heterocycles. The summed E-state index contributed by atoms with van der Waals surface area (Å²) in [5.41, 5.74) is 2.02. The van der Waals surface area contributed by atoms with Gasteiger partial charge in [-0.25, -0.2) is 0 Å². The van der Waals surface area contributed by atoms with Gasteiger partial charge in [-0.2, -0.15) is 10.2 Å². The Balaban J connectivity index is 2.36. The largest absolute Gasteiger partial charge is 0.370 e. The Morgan fingerprint density at radius 1 is 1.18 bits per heavy atom. The van der Waals surface area contributed by atoms with E-state index < -0.39 is 21.2 Å². The van der Waals surface area contributed by atoms with Crippen molar-refractivity contribution < 1.29 is 9.85 Å². The lowest BCUT2D eigenvalue weighted by Crippen LogP contribution is -2.05. The minimum absolute atomic E-state index is 0.0811. The summed E-state index contributed by atoms with van der Waals surface area (Å²) in [6.07, 6.45) is 1.50. The molecule has 0 radical (unpaired) electrons. The highest BCUT2D eigenvalue weighted by Gasteiger charge is 2.28. The fourth-order valence-corrected chi connectivity index (χ4v) is 1.66. The van der Waals surface area contributed by atoms with Crippen LogP contribution in [0.4, 0.5) is 17.1 Å². The molecule has 1 N–H and O–H groups in total. The molecular formula is C12H10N6O4. The van der Waals surface area contributed by atoms with Gasteiger partial charge >= 0.3 is 11.4 Å². The van der Waals surface area contributed by atoms with Crippen LogP contribution in [0.1, 0.15) is 12.6 Å². The number of benzene rings is 1. The smallest absolute Gasteiger partial charge is 0.271 e. The van der Waals surface area contributed by atoms with E-state index in [4.69, 9.17) is 0 Å². The molecule has 22 heavy (non-hydrogen) atoms. The number of aromatic nitrogens is 2. The molecule has 112 valence electrons. The second-order valence-corrected chi connectivity index (χ2v) is 4.11. The van der Waals surface area contributed by atoms with Crippen molar-refractivity contribution in [3.8, 4) is 0 Å². The molecule has 0 aliphatic heterocycles. The van der Waals surface area contributed by atoms with Crippen LogP contribution in [0, 0.1) is 20.2 Å². The fourth-order valence-electron chi connectivity index (χ4n) is 1.66. The second kappa shape index (κ2) is 6.35. The van der Waals surface area contributed by atoms with Gasteiger partial charge in [-0.05, 0) is 25.1 Å². The average molecular weight is 302 g/mol. The van der Waals surface area contributed by atoms with E-state index in [2.05, 4.69) is 20.7 Å². The molecule has 0 aliphatic carbocycles. The highest BCUT2D eigenvalue weighted by Crippen LogP contribution is 2.34. The topological polar surface area (TPSA) is 136 Å². The third-order valence-electron chi connectivity index (χ3n) is 2.68. The summed E-state index contributed by atoms with van der Waals surface area (Å²) in [7, 11) is 0. The number of hydrazone groups is 1. The molecule has 2 aromatic rings. The summed E-state index contributed by atoms with van der Waals surface area (Å²) in [4.78, 5) is 20.3. The minimum atomic E-state index is -0.826. The lowest BCUT2D eigenvalue weighted by atomic mass is 10.2. The van der Waals surface area contributed by atoms with E-state index in [0.717, 1.165) is 6.07 Å². The van der Waals surface area contributed by atoms with Crippen molar-refractivity contribution in [2.75, 3.05) is 5.43 Å². The van der Waals surface area contributed by atoms with E-state index in [1.807, 2.05) is 0 Å². The predicted molar refractivity (Wildman–Crippen MR) is 77.6 cm³/mol. The lowest BCUT2D eigenvalue weighted by Gasteiger charge is -2.04. The number of hydrogen-bond acceptors (Lipinski definition) is 8. The third kappa shape index (κ3) is 3.17. The molecule has 10 nitrogen and oxygen atoms in total. The van der Waals surface area contributed by atoms with Gasteiger partial charge in [0.25, 0.3) is 0 Å². The van der Waals surface area contributed by atoms with Crippen LogP contribution in [0.2, 0.25) is 0 Å². The van der Waals surface area contributed by atoms with Crippen molar-refractivity contribution >= 4 is 22.8 Å². The van der Waals surface area contributed by atoms with Gasteiger partial charge in [0.1, 0.15) is 11.4 Å². The van der Waals surface area contributed by atoms with E-state index >= 15 is 0 Å². The molecular weight excluding hydrogens is 292 g/mol. The zero-order valence-corrected chi connectivity index (χ0v) is 11.3. The molecule has 2 rings (SSSR count). The molecule has 0 saturated carbocycles. The van der Waals surface area contributed by atoms with Gasteiger partial charge in [-0.3, -0.25) is 25.7 Å². The first-order chi connectivity index (χ1) is 10.5. The Morgan fingerprint density at radius 2 is 1.95 bits per heavy atom. The molecule has 10 heteroatoms. The first-order valence-electron chi connectivity index (χ1n) is 6.01. The summed E-state index contributed by atoms with van der Waals surface area (Å²) in [5, 5.41) is 33.4. The molecule has 0 fully saturated rings. The number of nitrogens with zero attached hydrogens (tertiary/aromatic N) is 5. The summed E-state index contributed by atoms with van der Waals surface area (Å²) < 4.78 is 0. The molecule has 0 aliphatic rings. The van der Waals surface area contributed by atoms with Gasteiger partial charge in [0.05, 0.1) is 15.6 Å². The number of hydrogen-bond donors (Lipinski definition) is 1. The van der Waals surface area contributed by atoms with Crippen molar-refractivity contribution in [1.82, 2.24) is 10.2 Å². The average Bonchev–Trinajstić information content (AvgIpc) is 2.52. The maximum absolute atomic E-state index is 11.1. The van der Waals surface area contributed by atoms with Crippen LogP contribution in [-0.2, 0) is 0 Å². The molecule has 0 spiro atoms. The predicted octanol–water partition coefficient (Wildman–Crippen LogP) is 2.13. The molecule has 0 bridgehead atoms. The molecule has 1 aromatic carbocycles. The maximum Gasteiger partial charge on any atom is 0.370 e. The van der Waals surface area contributed by atoms with Gasteiger partial charge in [-0.1, -0.05) is 6.07 Å². The zero-order valence-electron chi connectivity index (χ0n) is 11.3. The van der Waals surface area contributed by atoms with Crippen LogP contribution < -0.4 is 5.43 Å². The number of para-hydroxylation sites is 1. The summed E-state index contributed by atoms with van der Waals surface area (Å²) >= 11 is 0. The van der Waals surface area contributed by atoms with Gasteiger partial charge in [0.15, 0.2) is 0 Å². The molecule has 0 atom stereocenters. The zero-order chi connectivity index (χ0) is 16.1. The normalized spacial score (nSPS) is 11.0. The van der Waals surface area contributed by atoms with Crippen molar-refractivity contribution in [2.45, 2.75) is 6.92 Å². The van der Waals surface area contributed by atoms with Crippen molar-refractivity contribution in [2.24, 2.45) is 5.10 Å². The van der Waals surface area contributed by atoms with Crippen LogP contribution in [0.3, 0.4) is 0 Å². The van der Waals surface area contributed by atoms with E-state index in [1.165, 1.54) is 18.3 Å². The van der Waals surface area contributed by atoms with E-state index in [1.54, 1.807) is 19.1 Å². The van der Waals surface area contributed by atoms with E-state index in [0.29, 0.717) is 11.4 Å². The SMILES string of the molecule is CC(=NNc1cccc([N+](=O)[O-])c1[N+](=O)[O-])c1cccnn1. The van der Waals surface area contributed by atoms with E-state index in [9.17, 15) is 20.2 Å². The van der Waals surface area contributed by atoms with E-state index in [-0.39, 0.29) is 5.69 Å². The van der Waals surface area contributed by atoms with Crippen LogP contribution in [0.5, 0.6) is 0 Å². The van der Waals surface area contributed by atoms with Crippen LogP contribution >= 0.6 is 0 Å². The fraction of sp³-hybridized carbons (Fsp3) is 0.0833. The Morgan fingerprint density at radius 3 is 2.55 bits per heavy atom. The molecule has 0 saturated heterocycles. The lowest BCUT2D eigenvalue weighted by molar-refractivity contribution is -0.421. The molecule has 0 unspecified atom stereocenters. The highest BCUT2D eigenvalue weighted by atomic mass is 16.6. The third-order valence-corrected chi connectivity index (χ3v) is 2.68. The van der Waals surface area contributed by atoms with Gasteiger partial charge in [0, 0.05) is 12.3 Å². The standard InChI is InChI=1S/C12H10N6O4/c1-8(9-5-3-7-13-15-9)14-16-10-4-2-6-11(17(19)20)12(10)18(21)22/h2-7,16H,1H3. The Bertz CT molecular complexity index is 747.